The van der Waals surface area contributed by atoms with E-state index in [9.17, 15) is 8.42 Å². The van der Waals surface area contributed by atoms with Gasteiger partial charge >= 0.3 is 0 Å². The Balaban J connectivity index is 1.98. The van der Waals surface area contributed by atoms with Crippen molar-refractivity contribution in [2.45, 2.75) is 25.3 Å². The Morgan fingerprint density at radius 2 is 1.89 bits per heavy atom. The lowest BCUT2D eigenvalue weighted by molar-refractivity contribution is 0.299. The van der Waals surface area contributed by atoms with Crippen LogP contribution in [-0.4, -0.2) is 24.6 Å². The summed E-state index contributed by atoms with van der Waals surface area (Å²) in [5.74, 6) is 0.830. The largest absolute Gasteiger partial charge is 0.333 e. The maximum atomic E-state index is 11.9. The summed E-state index contributed by atoms with van der Waals surface area (Å²) >= 11 is 0. The second kappa shape index (κ2) is 5.54. The van der Waals surface area contributed by atoms with Crippen LogP contribution in [-0.2, 0) is 20.8 Å². The van der Waals surface area contributed by atoms with Gasteiger partial charge < -0.3 is 4.57 Å². The van der Waals surface area contributed by atoms with Crippen molar-refractivity contribution in [2.24, 2.45) is 0 Å². The molecule has 0 N–H and O–H groups in total. The van der Waals surface area contributed by atoms with Gasteiger partial charge in [0.05, 0.1) is 11.5 Å². The minimum Gasteiger partial charge on any atom is -0.333 e. The predicted octanol–water partition coefficient (Wildman–Crippen LogP) is 1.91. The topological polar surface area (TPSA) is 61.2 Å². The summed E-state index contributed by atoms with van der Waals surface area (Å²) in [5, 5.41) is 0. The van der Waals surface area contributed by atoms with Crippen LogP contribution in [0.4, 0.5) is 0 Å². The first-order valence-electron chi connectivity index (χ1n) is 5.93. The quantitative estimate of drug-likeness (QED) is 0.785. The average molecular weight is 280 g/mol. The van der Waals surface area contributed by atoms with Crippen LogP contribution in [0, 0.1) is 13.8 Å². The van der Waals surface area contributed by atoms with Crippen molar-refractivity contribution in [2.75, 3.05) is 6.61 Å². The SMILES string of the molecule is Cc1ccc(S(=O)(=O)OCCn2ccnc2C)cc1. The van der Waals surface area contributed by atoms with Crippen LogP contribution in [0.5, 0.6) is 0 Å². The molecule has 0 bridgehead atoms. The fourth-order valence-electron chi connectivity index (χ4n) is 1.66. The van der Waals surface area contributed by atoms with Gasteiger partial charge in [0.15, 0.2) is 0 Å². The van der Waals surface area contributed by atoms with Gasteiger partial charge in [0, 0.05) is 18.9 Å². The monoisotopic (exact) mass is 280 g/mol. The molecular formula is C13H16N2O3S. The minimum atomic E-state index is -3.68. The van der Waals surface area contributed by atoms with Gasteiger partial charge in [0.25, 0.3) is 10.1 Å². The second-order valence-corrected chi connectivity index (χ2v) is 5.87. The van der Waals surface area contributed by atoms with E-state index in [-0.39, 0.29) is 11.5 Å². The molecule has 0 amide bonds. The summed E-state index contributed by atoms with van der Waals surface area (Å²) in [5.41, 5.74) is 1.01. The standard InChI is InChI=1S/C13H16N2O3S/c1-11-3-5-13(6-4-11)19(16,17)18-10-9-15-8-7-14-12(15)2/h3-8H,9-10H2,1-2H3. The van der Waals surface area contributed by atoms with Gasteiger partial charge in [0.2, 0.25) is 0 Å². The highest BCUT2D eigenvalue weighted by molar-refractivity contribution is 7.86. The van der Waals surface area contributed by atoms with E-state index in [0.717, 1.165) is 11.4 Å². The molecule has 2 rings (SSSR count). The highest BCUT2D eigenvalue weighted by Crippen LogP contribution is 2.13. The molecule has 0 unspecified atom stereocenters. The molecule has 19 heavy (non-hydrogen) atoms. The lowest BCUT2D eigenvalue weighted by Crippen LogP contribution is -2.12. The van der Waals surface area contributed by atoms with Gasteiger partial charge in [-0.15, -0.1) is 0 Å². The van der Waals surface area contributed by atoms with Crippen molar-refractivity contribution in [1.82, 2.24) is 9.55 Å². The fourth-order valence-corrected chi connectivity index (χ4v) is 2.56. The van der Waals surface area contributed by atoms with Crippen LogP contribution in [0.2, 0.25) is 0 Å². The Hall–Kier alpha value is -1.66. The third kappa shape index (κ3) is 3.42. The van der Waals surface area contributed by atoms with E-state index in [0.29, 0.717) is 6.54 Å². The van der Waals surface area contributed by atoms with E-state index in [2.05, 4.69) is 4.98 Å². The van der Waals surface area contributed by atoms with Gasteiger partial charge in [-0.2, -0.15) is 8.42 Å². The van der Waals surface area contributed by atoms with Gasteiger partial charge in [0.1, 0.15) is 5.82 Å². The highest BCUT2D eigenvalue weighted by Gasteiger charge is 2.14. The molecule has 0 aliphatic rings. The third-order valence-electron chi connectivity index (χ3n) is 2.80. The molecule has 102 valence electrons. The van der Waals surface area contributed by atoms with Crippen LogP contribution in [0.3, 0.4) is 0 Å². The molecule has 0 atom stereocenters. The van der Waals surface area contributed by atoms with E-state index >= 15 is 0 Å². The summed E-state index contributed by atoms with van der Waals surface area (Å²) in [6.45, 7) is 4.30. The number of hydrogen-bond acceptors (Lipinski definition) is 4. The van der Waals surface area contributed by atoms with Gasteiger partial charge in [-0.3, -0.25) is 4.18 Å². The normalized spacial score (nSPS) is 11.7. The first-order valence-corrected chi connectivity index (χ1v) is 7.34. The Bertz CT molecular complexity index is 645. The molecule has 0 saturated heterocycles. The Morgan fingerprint density at radius 1 is 1.21 bits per heavy atom. The van der Waals surface area contributed by atoms with Crippen molar-refractivity contribution in [3.05, 3.63) is 48.0 Å². The van der Waals surface area contributed by atoms with Crippen LogP contribution in [0.15, 0.2) is 41.6 Å². The minimum absolute atomic E-state index is 0.0907. The van der Waals surface area contributed by atoms with E-state index < -0.39 is 10.1 Å². The van der Waals surface area contributed by atoms with Crippen molar-refractivity contribution < 1.29 is 12.6 Å². The van der Waals surface area contributed by atoms with E-state index in [1.54, 1.807) is 36.7 Å². The molecule has 1 aromatic heterocycles. The number of aryl methyl sites for hydroxylation is 2. The van der Waals surface area contributed by atoms with Crippen LogP contribution < -0.4 is 0 Å². The Morgan fingerprint density at radius 3 is 2.47 bits per heavy atom. The summed E-state index contributed by atoms with van der Waals surface area (Å²) in [7, 11) is -3.68. The van der Waals surface area contributed by atoms with Gasteiger partial charge in [-0.25, -0.2) is 4.98 Å². The number of rotatable bonds is 5. The lowest BCUT2D eigenvalue weighted by atomic mass is 10.2. The first kappa shape index (κ1) is 13.8. The summed E-state index contributed by atoms with van der Waals surface area (Å²) in [6, 6.07) is 6.59. The Kier molecular flexibility index (Phi) is 4.01. The molecule has 0 aliphatic carbocycles. The molecule has 0 fully saturated rings. The Labute approximate surface area is 113 Å². The molecule has 0 aliphatic heterocycles. The maximum absolute atomic E-state index is 11.9. The molecule has 5 nitrogen and oxygen atoms in total. The zero-order valence-electron chi connectivity index (χ0n) is 10.9. The van der Waals surface area contributed by atoms with E-state index in [1.165, 1.54) is 0 Å². The molecule has 6 heteroatoms. The highest BCUT2D eigenvalue weighted by atomic mass is 32.2. The molecule has 0 radical (unpaired) electrons. The van der Waals surface area contributed by atoms with Crippen molar-refractivity contribution in [3.8, 4) is 0 Å². The smallest absolute Gasteiger partial charge is 0.297 e. The van der Waals surface area contributed by atoms with E-state index in [4.69, 9.17) is 4.18 Å². The molecule has 0 saturated carbocycles. The van der Waals surface area contributed by atoms with Crippen LogP contribution in [0.25, 0.3) is 0 Å². The molecular weight excluding hydrogens is 264 g/mol. The molecule has 1 heterocycles. The summed E-state index contributed by atoms with van der Waals surface area (Å²) < 4.78 is 30.7. The summed E-state index contributed by atoms with van der Waals surface area (Å²) in [4.78, 5) is 4.24. The van der Waals surface area contributed by atoms with Crippen LogP contribution in [0.1, 0.15) is 11.4 Å². The third-order valence-corrected chi connectivity index (χ3v) is 4.13. The maximum Gasteiger partial charge on any atom is 0.297 e. The summed E-state index contributed by atoms with van der Waals surface area (Å²) in [6.07, 6.45) is 3.46. The number of benzene rings is 1. The number of hydrogen-bond donors (Lipinski definition) is 0. The van der Waals surface area contributed by atoms with Gasteiger partial charge in [-0.1, -0.05) is 17.7 Å². The molecule has 2 aromatic rings. The average Bonchev–Trinajstić information content (AvgIpc) is 2.75. The number of imidazole rings is 1. The molecule has 0 spiro atoms. The zero-order chi connectivity index (χ0) is 13.9. The van der Waals surface area contributed by atoms with Crippen molar-refractivity contribution in [3.63, 3.8) is 0 Å². The first-order chi connectivity index (χ1) is 8.99. The fraction of sp³-hybridized carbons (Fsp3) is 0.308. The zero-order valence-corrected chi connectivity index (χ0v) is 11.7. The van der Waals surface area contributed by atoms with Crippen molar-refractivity contribution >= 4 is 10.1 Å². The second-order valence-electron chi connectivity index (χ2n) is 4.26. The van der Waals surface area contributed by atoms with Crippen molar-refractivity contribution in [1.29, 1.82) is 0 Å². The predicted molar refractivity (Wildman–Crippen MR) is 71.3 cm³/mol. The van der Waals surface area contributed by atoms with Crippen LogP contribution >= 0.6 is 0 Å². The van der Waals surface area contributed by atoms with Gasteiger partial charge in [-0.05, 0) is 26.0 Å². The number of aromatic nitrogens is 2. The molecule has 1 aromatic carbocycles. The van der Waals surface area contributed by atoms with E-state index in [1.807, 2.05) is 18.4 Å². The lowest BCUT2D eigenvalue weighted by Gasteiger charge is -2.07. The number of nitrogens with zero attached hydrogens (tertiary/aromatic N) is 2.